The predicted molar refractivity (Wildman–Crippen MR) is 141 cm³/mol. The number of thiocarbonyl (C=S) groups is 1. The molecule has 0 radical (unpaired) electrons. The average Bonchev–Trinajstić information content (AvgIpc) is 3.42. The fraction of sp³-hybridized carbons (Fsp3) is 0.185. The zero-order chi connectivity index (χ0) is 24.4. The standard InChI is InChI=1S/C27H23NO5S2/c1-3-30-23-12-18(7-9-21(23)31-15-19-6-4-5-17(2)11-19)13-25-26(29)28(27(34)35-25)20-8-10-22-24(14-20)33-16-32-22/h4-14H,3,15-16H2,1-2H3/b25-13-. The van der Waals surface area contributed by atoms with Crippen molar-refractivity contribution in [1.29, 1.82) is 0 Å². The van der Waals surface area contributed by atoms with E-state index in [1.54, 1.807) is 18.2 Å². The summed E-state index contributed by atoms with van der Waals surface area (Å²) >= 11 is 6.77. The number of amides is 1. The molecule has 1 amide bonds. The number of carbonyl (C=O) groups excluding carboxylic acids is 1. The number of nitrogens with zero attached hydrogens (tertiary/aromatic N) is 1. The van der Waals surface area contributed by atoms with E-state index in [1.807, 2.05) is 43.3 Å². The quantitative estimate of drug-likeness (QED) is 0.284. The molecule has 6 nitrogen and oxygen atoms in total. The van der Waals surface area contributed by atoms with E-state index in [9.17, 15) is 4.79 Å². The lowest BCUT2D eigenvalue weighted by Gasteiger charge is -2.15. The average molecular weight is 506 g/mol. The predicted octanol–water partition coefficient (Wildman–Crippen LogP) is 6.11. The zero-order valence-corrected chi connectivity index (χ0v) is 20.9. The van der Waals surface area contributed by atoms with Crippen molar-refractivity contribution in [3.05, 3.63) is 82.3 Å². The Morgan fingerprint density at radius 1 is 1.03 bits per heavy atom. The summed E-state index contributed by atoms with van der Waals surface area (Å²) in [6.07, 6.45) is 1.82. The lowest BCUT2D eigenvalue weighted by atomic mass is 10.1. The molecule has 0 bridgehead atoms. The molecule has 178 valence electrons. The summed E-state index contributed by atoms with van der Waals surface area (Å²) < 4.78 is 23.1. The summed E-state index contributed by atoms with van der Waals surface area (Å²) in [5.41, 5.74) is 3.74. The van der Waals surface area contributed by atoms with E-state index >= 15 is 0 Å². The number of anilines is 1. The second kappa shape index (κ2) is 10.0. The number of aryl methyl sites for hydroxylation is 1. The first kappa shape index (κ1) is 23.3. The molecule has 0 unspecified atom stereocenters. The molecule has 1 saturated heterocycles. The first-order chi connectivity index (χ1) is 17.0. The summed E-state index contributed by atoms with van der Waals surface area (Å²) in [5.74, 6) is 2.35. The molecule has 5 rings (SSSR count). The maximum Gasteiger partial charge on any atom is 0.270 e. The van der Waals surface area contributed by atoms with E-state index in [0.29, 0.717) is 51.1 Å². The molecule has 8 heteroatoms. The lowest BCUT2D eigenvalue weighted by molar-refractivity contribution is -0.113. The normalized spacial score (nSPS) is 15.7. The Balaban J connectivity index is 1.36. The van der Waals surface area contributed by atoms with Crippen molar-refractivity contribution in [3.8, 4) is 23.0 Å². The Hall–Kier alpha value is -3.49. The highest BCUT2D eigenvalue weighted by atomic mass is 32.2. The monoisotopic (exact) mass is 505 g/mol. The highest BCUT2D eigenvalue weighted by Gasteiger charge is 2.34. The van der Waals surface area contributed by atoms with Gasteiger partial charge in [-0.2, -0.15) is 0 Å². The van der Waals surface area contributed by atoms with Crippen molar-refractivity contribution < 1.29 is 23.7 Å². The molecule has 0 aliphatic carbocycles. The molecule has 2 heterocycles. The van der Waals surface area contributed by atoms with Crippen molar-refractivity contribution >= 4 is 46.0 Å². The minimum Gasteiger partial charge on any atom is -0.490 e. The van der Waals surface area contributed by atoms with Crippen LogP contribution >= 0.6 is 24.0 Å². The minimum atomic E-state index is -0.184. The number of rotatable bonds is 7. The van der Waals surface area contributed by atoms with Crippen LogP contribution in [0.15, 0.2) is 65.6 Å². The van der Waals surface area contributed by atoms with E-state index in [4.69, 9.17) is 31.2 Å². The third-order valence-electron chi connectivity index (χ3n) is 5.45. The minimum absolute atomic E-state index is 0.171. The van der Waals surface area contributed by atoms with Gasteiger partial charge in [0.15, 0.2) is 27.3 Å². The number of thioether (sulfide) groups is 1. The van der Waals surface area contributed by atoms with E-state index in [1.165, 1.54) is 22.2 Å². The van der Waals surface area contributed by atoms with Gasteiger partial charge >= 0.3 is 0 Å². The van der Waals surface area contributed by atoms with Crippen molar-refractivity contribution in [1.82, 2.24) is 0 Å². The first-order valence-corrected chi connectivity index (χ1v) is 12.4. The molecule has 0 aromatic heterocycles. The Labute approximate surface area is 213 Å². The molecular formula is C27H23NO5S2. The molecule has 0 saturated carbocycles. The molecule has 2 aliphatic heterocycles. The number of carbonyl (C=O) groups is 1. The molecular weight excluding hydrogens is 482 g/mol. The number of hydrogen-bond donors (Lipinski definition) is 0. The summed E-state index contributed by atoms with van der Waals surface area (Å²) in [7, 11) is 0. The highest BCUT2D eigenvalue weighted by Crippen LogP contribution is 2.41. The van der Waals surface area contributed by atoms with Crippen LogP contribution in [0.5, 0.6) is 23.0 Å². The van der Waals surface area contributed by atoms with Gasteiger partial charge in [0, 0.05) is 6.07 Å². The van der Waals surface area contributed by atoms with Crippen molar-refractivity contribution in [3.63, 3.8) is 0 Å². The summed E-state index contributed by atoms with van der Waals surface area (Å²) in [5, 5.41) is 0. The van der Waals surface area contributed by atoms with Crippen molar-refractivity contribution in [2.24, 2.45) is 0 Å². The zero-order valence-electron chi connectivity index (χ0n) is 19.3. The van der Waals surface area contributed by atoms with Gasteiger partial charge in [-0.25, -0.2) is 0 Å². The van der Waals surface area contributed by atoms with E-state index in [-0.39, 0.29) is 12.7 Å². The van der Waals surface area contributed by atoms with Gasteiger partial charge in [-0.3, -0.25) is 9.69 Å². The van der Waals surface area contributed by atoms with E-state index < -0.39 is 0 Å². The molecule has 2 aliphatic rings. The van der Waals surface area contributed by atoms with Crippen LogP contribution in [0.2, 0.25) is 0 Å². The van der Waals surface area contributed by atoms with E-state index in [2.05, 4.69) is 19.1 Å². The smallest absolute Gasteiger partial charge is 0.270 e. The largest absolute Gasteiger partial charge is 0.490 e. The third-order valence-corrected chi connectivity index (χ3v) is 6.75. The summed E-state index contributed by atoms with van der Waals surface area (Å²) in [4.78, 5) is 15.2. The molecule has 35 heavy (non-hydrogen) atoms. The van der Waals surface area contributed by atoms with Crippen LogP contribution in [0.3, 0.4) is 0 Å². The second-order valence-electron chi connectivity index (χ2n) is 7.97. The molecule has 1 fully saturated rings. The van der Waals surface area contributed by atoms with Gasteiger partial charge in [0.05, 0.1) is 17.2 Å². The van der Waals surface area contributed by atoms with Gasteiger partial charge in [-0.05, 0) is 55.3 Å². The van der Waals surface area contributed by atoms with Gasteiger partial charge in [0.1, 0.15) is 6.61 Å². The van der Waals surface area contributed by atoms with Gasteiger partial charge in [0.25, 0.3) is 5.91 Å². The van der Waals surface area contributed by atoms with E-state index in [0.717, 1.165) is 11.1 Å². The third kappa shape index (κ3) is 4.99. The van der Waals surface area contributed by atoms with Crippen LogP contribution in [0.4, 0.5) is 5.69 Å². The van der Waals surface area contributed by atoms with Gasteiger partial charge in [-0.15, -0.1) is 0 Å². The molecule has 3 aromatic rings. The Bertz CT molecular complexity index is 1340. The maximum absolute atomic E-state index is 13.2. The molecule has 0 N–H and O–H groups in total. The molecule has 0 atom stereocenters. The van der Waals surface area contributed by atoms with Crippen LogP contribution in [-0.2, 0) is 11.4 Å². The lowest BCUT2D eigenvalue weighted by Crippen LogP contribution is -2.27. The summed E-state index contributed by atoms with van der Waals surface area (Å²) in [6, 6.07) is 19.2. The number of ether oxygens (including phenoxy) is 4. The number of fused-ring (bicyclic) bond motifs is 1. The van der Waals surface area contributed by atoms with Crippen LogP contribution in [0.1, 0.15) is 23.6 Å². The Morgan fingerprint density at radius 2 is 1.89 bits per heavy atom. The van der Waals surface area contributed by atoms with Crippen molar-refractivity contribution in [2.75, 3.05) is 18.3 Å². The van der Waals surface area contributed by atoms with Crippen LogP contribution in [-0.4, -0.2) is 23.6 Å². The highest BCUT2D eigenvalue weighted by molar-refractivity contribution is 8.27. The molecule has 0 spiro atoms. The van der Waals surface area contributed by atoms with Crippen molar-refractivity contribution in [2.45, 2.75) is 20.5 Å². The number of benzene rings is 3. The second-order valence-corrected chi connectivity index (χ2v) is 9.65. The van der Waals surface area contributed by atoms with Crippen LogP contribution < -0.4 is 23.8 Å². The maximum atomic E-state index is 13.2. The Kier molecular flexibility index (Phi) is 6.66. The van der Waals surface area contributed by atoms with Gasteiger partial charge < -0.3 is 18.9 Å². The summed E-state index contributed by atoms with van der Waals surface area (Å²) in [6.45, 7) is 5.09. The van der Waals surface area contributed by atoms with Crippen LogP contribution in [0.25, 0.3) is 6.08 Å². The molecule has 3 aromatic carbocycles. The van der Waals surface area contributed by atoms with Gasteiger partial charge in [-0.1, -0.05) is 59.9 Å². The Morgan fingerprint density at radius 3 is 2.71 bits per heavy atom. The first-order valence-electron chi connectivity index (χ1n) is 11.1. The fourth-order valence-electron chi connectivity index (χ4n) is 3.83. The van der Waals surface area contributed by atoms with Crippen LogP contribution in [0, 0.1) is 6.92 Å². The van der Waals surface area contributed by atoms with Gasteiger partial charge in [0.2, 0.25) is 6.79 Å². The topological polar surface area (TPSA) is 57.2 Å². The number of hydrogen-bond acceptors (Lipinski definition) is 7. The fourth-order valence-corrected chi connectivity index (χ4v) is 5.13. The SMILES string of the molecule is CCOc1cc(/C=C2\SC(=S)N(c3ccc4c(c3)OCO4)C2=O)ccc1OCc1cccc(C)c1.